The minimum absolute atomic E-state index is 0.224. The topological polar surface area (TPSA) is 55.1 Å². The van der Waals surface area contributed by atoms with Crippen molar-refractivity contribution in [2.75, 3.05) is 0 Å². The standard InChI is InChI=1S/C26H32N2O2/c1-16-22(18-12-10-9-11-13-18)24(30)27-17(2)28(16)19-14-20(25(3,4)5)23(29)21(15-19)26(6,7)8/h9-15,29H,1-8H3. The Morgan fingerprint density at radius 3 is 1.83 bits per heavy atom. The molecule has 158 valence electrons. The van der Waals surface area contributed by atoms with Gasteiger partial charge in [-0.3, -0.25) is 4.79 Å². The number of nitrogens with zero attached hydrogens (tertiary/aromatic N) is 2. The highest BCUT2D eigenvalue weighted by Crippen LogP contribution is 2.41. The molecule has 4 heteroatoms. The van der Waals surface area contributed by atoms with Crippen LogP contribution in [0.5, 0.6) is 5.75 Å². The first-order valence-corrected chi connectivity index (χ1v) is 10.4. The summed E-state index contributed by atoms with van der Waals surface area (Å²) in [4.78, 5) is 17.1. The number of rotatable bonds is 2. The molecule has 0 aliphatic carbocycles. The average molecular weight is 405 g/mol. The predicted octanol–water partition coefficient (Wildman–Crippen LogP) is 5.82. The Kier molecular flexibility index (Phi) is 5.40. The van der Waals surface area contributed by atoms with Gasteiger partial charge in [0.05, 0.1) is 5.56 Å². The van der Waals surface area contributed by atoms with Gasteiger partial charge in [-0.05, 0) is 42.4 Å². The lowest BCUT2D eigenvalue weighted by atomic mass is 9.79. The second-order valence-corrected chi connectivity index (χ2v) is 10.0. The SMILES string of the molecule is Cc1nc(=O)c(-c2ccccc2)c(C)n1-c1cc(C(C)(C)C)c(O)c(C(C)(C)C)c1. The fraction of sp³-hybridized carbons (Fsp3) is 0.385. The zero-order chi connectivity index (χ0) is 22.4. The Morgan fingerprint density at radius 1 is 0.867 bits per heavy atom. The second kappa shape index (κ2) is 7.42. The monoisotopic (exact) mass is 404 g/mol. The van der Waals surface area contributed by atoms with Gasteiger partial charge in [0.15, 0.2) is 0 Å². The van der Waals surface area contributed by atoms with Gasteiger partial charge in [-0.15, -0.1) is 0 Å². The molecule has 0 atom stereocenters. The maximum absolute atomic E-state index is 12.8. The third-order valence-corrected chi connectivity index (χ3v) is 5.53. The van der Waals surface area contributed by atoms with Gasteiger partial charge in [0, 0.05) is 22.5 Å². The smallest absolute Gasteiger partial charge is 0.281 e. The van der Waals surface area contributed by atoms with E-state index >= 15 is 0 Å². The summed E-state index contributed by atoms with van der Waals surface area (Å²) in [5.74, 6) is 0.967. The van der Waals surface area contributed by atoms with E-state index in [1.54, 1.807) is 0 Å². The molecule has 0 saturated heterocycles. The van der Waals surface area contributed by atoms with E-state index in [0.717, 1.165) is 28.1 Å². The summed E-state index contributed by atoms with van der Waals surface area (Å²) in [5, 5.41) is 11.1. The zero-order valence-corrected chi connectivity index (χ0v) is 19.3. The maximum atomic E-state index is 12.8. The van der Waals surface area contributed by atoms with Crippen LogP contribution in [-0.2, 0) is 10.8 Å². The third-order valence-electron chi connectivity index (χ3n) is 5.53. The number of aromatic hydroxyl groups is 1. The molecule has 1 aromatic heterocycles. The lowest BCUT2D eigenvalue weighted by Crippen LogP contribution is -2.22. The van der Waals surface area contributed by atoms with Gasteiger partial charge in [-0.2, -0.15) is 4.98 Å². The molecule has 0 spiro atoms. The number of benzene rings is 2. The molecular weight excluding hydrogens is 372 g/mol. The number of aromatic nitrogens is 2. The summed E-state index contributed by atoms with van der Waals surface area (Å²) < 4.78 is 2.02. The molecule has 0 fully saturated rings. The summed E-state index contributed by atoms with van der Waals surface area (Å²) >= 11 is 0. The van der Waals surface area contributed by atoms with Crippen molar-refractivity contribution < 1.29 is 5.11 Å². The minimum atomic E-state index is -0.239. The fourth-order valence-corrected chi connectivity index (χ4v) is 3.97. The van der Waals surface area contributed by atoms with Crippen molar-refractivity contribution in [1.29, 1.82) is 0 Å². The summed E-state index contributed by atoms with van der Waals surface area (Å²) in [5.41, 5.74) is 4.25. The van der Waals surface area contributed by atoms with Crippen LogP contribution < -0.4 is 5.56 Å². The van der Waals surface area contributed by atoms with Crippen molar-refractivity contribution in [3.63, 3.8) is 0 Å². The van der Waals surface area contributed by atoms with Crippen molar-refractivity contribution in [2.45, 2.75) is 66.2 Å². The number of aryl methyl sites for hydroxylation is 1. The molecular formula is C26H32N2O2. The second-order valence-electron chi connectivity index (χ2n) is 10.0. The summed E-state index contributed by atoms with van der Waals surface area (Å²) in [7, 11) is 0. The van der Waals surface area contributed by atoms with Gasteiger partial charge in [0.2, 0.25) is 0 Å². The molecule has 30 heavy (non-hydrogen) atoms. The van der Waals surface area contributed by atoms with Crippen LogP contribution >= 0.6 is 0 Å². The molecule has 1 N–H and O–H groups in total. The van der Waals surface area contributed by atoms with Crippen molar-refractivity contribution in [1.82, 2.24) is 9.55 Å². The molecule has 2 aromatic carbocycles. The van der Waals surface area contributed by atoms with Crippen LogP contribution in [0.25, 0.3) is 16.8 Å². The van der Waals surface area contributed by atoms with Crippen LogP contribution in [-0.4, -0.2) is 14.7 Å². The Balaban J connectivity index is 2.40. The van der Waals surface area contributed by atoms with E-state index < -0.39 is 0 Å². The molecule has 0 amide bonds. The van der Waals surface area contributed by atoms with E-state index in [4.69, 9.17) is 0 Å². The maximum Gasteiger partial charge on any atom is 0.281 e. The fourth-order valence-electron chi connectivity index (χ4n) is 3.97. The van der Waals surface area contributed by atoms with Crippen LogP contribution in [0.1, 0.15) is 64.2 Å². The molecule has 0 unspecified atom stereocenters. The van der Waals surface area contributed by atoms with Crippen molar-refractivity contribution in [2.24, 2.45) is 0 Å². The predicted molar refractivity (Wildman–Crippen MR) is 124 cm³/mol. The molecule has 3 aromatic rings. The summed E-state index contributed by atoms with van der Waals surface area (Å²) in [6.07, 6.45) is 0. The van der Waals surface area contributed by atoms with Crippen LogP contribution in [0.2, 0.25) is 0 Å². The van der Waals surface area contributed by atoms with Gasteiger partial charge in [0.25, 0.3) is 5.56 Å². The van der Waals surface area contributed by atoms with Gasteiger partial charge in [-0.25, -0.2) is 0 Å². The normalized spacial score (nSPS) is 12.3. The summed E-state index contributed by atoms with van der Waals surface area (Å²) in [6, 6.07) is 13.7. The quantitative estimate of drug-likeness (QED) is 0.586. The number of hydrogen-bond acceptors (Lipinski definition) is 3. The number of phenols is 1. The van der Waals surface area contributed by atoms with Crippen molar-refractivity contribution in [3.8, 4) is 22.6 Å². The molecule has 4 nitrogen and oxygen atoms in total. The Labute approximate surface area is 179 Å². The highest BCUT2D eigenvalue weighted by molar-refractivity contribution is 5.66. The van der Waals surface area contributed by atoms with Gasteiger partial charge >= 0.3 is 0 Å². The largest absolute Gasteiger partial charge is 0.507 e. The Hall–Kier alpha value is -2.88. The van der Waals surface area contributed by atoms with E-state index in [-0.39, 0.29) is 16.4 Å². The van der Waals surface area contributed by atoms with Crippen LogP contribution in [0, 0.1) is 13.8 Å². The highest BCUT2D eigenvalue weighted by atomic mass is 16.3. The van der Waals surface area contributed by atoms with Crippen LogP contribution in [0.15, 0.2) is 47.3 Å². The van der Waals surface area contributed by atoms with E-state index in [0.29, 0.717) is 17.1 Å². The van der Waals surface area contributed by atoms with Crippen LogP contribution in [0.4, 0.5) is 0 Å². The van der Waals surface area contributed by atoms with Gasteiger partial charge < -0.3 is 9.67 Å². The molecule has 0 saturated carbocycles. The highest BCUT2D eigenvalue weighted by Gasteiger charge is 2.27. The van der Waals surface area contributed by atoms with Gasteiger partial charge in [0.1, 0.15) is 11.6 Å². The minimum Gasteiger partial charge on any atom is -0.507 e. The first-order valence-electron chi connectivity index (χ1n) is 10.4. The molecule has 0 bridgehead atoms. The van der Waals surface area contributed by atoms with E-state index in [1.807, 2.05) is 60.9 Å². The first-order chi connectivity index (χ1) is 13.8. The number of hydrogen-bond donors (Lipinski definition) is 1. The van der Waals surface area contributed by atoms with Crippen LogP contribution in [0.3, 0.4) is 0 Å². The van der Waals surface area contributed by atoms with Gasteiger partial charge in [-0.1, -0.05) is 71.9 Å². The molecule has 0 aliphatic rings. The molecule has 1 heterocycles. The van der Waals surface area contributed by atoms with E-state index in [2.05, 4.69) is 46.5 Å². The molecule has 3 rings (SSSR count). The van der Waals surface area contributed by atoms with E-state index in [1.165, 1.54) is 0 Å². The lowest BCUT2D eigenvalue weighted by molar-refractivity contribution is 0.423. The average Bonchev–Trinajstić information content (AvgIpc) is 2.61. The molecule has 0 radical (unpaired) electrons. The lowest BCUT2D eigenvalue weighted by Gasteiger charge is -2.29. The van der Waals surface area contributed by atoms with E-state index in [9.17, 15) is 9.90 Å². The number of phenolic OH excluding ortho intramolecular Hbond substituents is 1. The zero-order valence-electron chi connectivity index (χ0n) is 19.3. The summed E-state index contributed by atoms with van der Waals surface area (Å²) in [6.45, 7) is 16.4. The Bertz CT molecular complexity index is 1110. The first kappa shape index (κ1) is 21.8. The van der Waals surface area contributed by atoms with Crippen molar-refractivity contribution >= 4 is 0 Å². The Morgan fingerprint density at radius 2 is 1.37 bits per heavy atom. The van der Waals surface area contributed by atoms with Crippen molar-refractivity contribution in [3.05, 3.63) is 75.5 Å². The third kappa shape index (κ3) is 3.91. The molecule has 0 aliphatic heterocycles.